The van der Waals surface area contributed by atoms with Crippen LogP contribution in [0.25, 0.3) is 11.1 Å². The summed E-state index contributed by atoms with van der Waals surface area (Å²) in [5.41, 5.74) is -2.22. The molecule has 0 amide bonds. The summed E-state index contributed by atoms with van der Waals surface area (Å²) >= 11 is 0. The van der Waals surface area contributed by atoms with Gasteiger partial charge in [0.15, 0.2) is 23.7 Å². The Morgan fingerprint density at radius 1 is 0.756 bits per heavy atom. The molecular formula is C34H34F8O3. The van der Waals surface area contributed by atoms with Gasteiger partial charge in [-0.2, -0.15) is 8.78 Å². The fourth-order valence-corrected chi connectivity index (χ4v) is 6.21. The second kappa shape index (κ2) is 14.1. The summed E-state index contributed by atoms with van der Waals surface area (Å²) in [5, 5.41) is 0. The minimum atomic E-state index is -4.53. The Morgan fingerprint density at radius 2 is 1.38 bits per heavy atom. The topological polar surface area (TPSA) is 27.7 Å². The molecule has 0 bridgehead atoms. The molecule has 3 nitrogen and oxygen atoms in total. The zero-order valence-electron chi connectivity index (χ0n) is 24.7. The van der Waals surface area contributed by atoms with Crippen LogP contribution in [0.5, 0.6) is 5.75 Å². The van der Waals surface area contributed by atoms with E-state index >= 15 is 17.6 Å². The van der Waals surface area contributed by atoms with Crippen LogP contribution in [-0.2, 0) is 15.6 Å². The third kappa shape index (κ3) is 7.62. The van der Waals surface area contributed by atoms with Gasteiger partial charge in [0.2, 0.25) is 0 Å². The van der Waals surface area contributed by atoms with Gasteiger partial charge in [-0.3, -0.25) is 0 Å². The standard InChI is InChI=1S/C34H34F8O3/c1-2-3-4-5-19-17-43-33(44-18-19)21-8-6-20(7-9-21)22-12-27(36)31(28(37)13-22)34(41,42)45-24-10-11-25(26(35)16-24)23-14-29(38)32(40)30(39)15-23/h10-16,19-21,33H,2-9,17-18H2,1H3. The van der Waals surface area contributed by atoms with E-state index in [2.05, 4.69) is 11.7 Å². The average molecular weight is 643 g/mol. The van der Waals surface area contributed by atoms with E-state index in [1.165, 1.54) is 6.42 Å². The van der Waals surface area contributed by atoms with E-state index in [9.17, 15) is 17.6 Å². The van der Waals surface area contributed by atoms with Crippen molar-refractivity contribution in [1.82, 2.24) is 0 Å². The summed E-state index contributed by atoms with van der Waals surface area (Å²) in [6.07, 6.45) is 2.23. The number of ether oxygens (including phenoxy) is 3. The Labute approximate surface area is 256 Å². The van der Waals surface area contributed by atoms with Crippen molar-refractivity contribution >= 4 is 0 Å². The Balaban J connectivity index is 1.21. The van der Waals surface area contributed by atoms with E-state index in [4.69, 9.17) is 9.47 Å². The summed E-state index contributed by atoms with van der Waals surface area (Å²) < 4.78 is 132. The van der Waals surface area contributed by atoms with Crippen molar-refractivity contribution in [1.29, 1.82) is 0 Å². The van der Waals surface area contributed by atoms with E-state index in [0.29, 0.717) is 63.0 Å². The molecule has 0 unspecified atom stereocenters. The van der Waals surface area contributed by atoms with E-state index in [-0.39, 0.29) is 23.7 Å². The summed E-state index contributed by atoms with van der Waals surface area (Å²) in [5.74, 6) is -9.70. The van der Waals surface area contributed by atoms with Crippen molar-refractivity contribution in [3.8, 4) is 16.9 Å². The SMILES string of the molecule is CCCCCC1COC(C2CCC(c3cc(F)c(C(F)(F)Oc4ccc(-c5cc(F)c(F)c(F)c5)c(F)c4)c(F)c3)CC2)OC1. The quantitative estimate of drug-likeness (QED) is 0.125. The van der Waals surface area contributed by atoms with Crippen molar-refractivity contribution in [2.24, 2.45) is 11.8 Å². The first kappa shape index (κ1) is 33.2. The molecule has 244 valence electrons. The number of benzene rings is 3. The van der Waals surface area contributed by atoms with Crippen molar-refractivity contribution in [2.75, 3.05) is 13.2 Å². The molecule has 0 aromatic heterocycles. The highest BCUT2D eigenvalue weighted by molar-refractivity contribution is 5.65. The Hall–Kier alpha value is -3.18. The van der Waals surface area contributed by atoms with Crippen LogP contribution in [0.1, 0.15) is 75.3 Å². The molecule has 0 spiro atoms. The van der Waals surface area contributed by atoms with Crippen molar-refractivity contribution in [3.05, 3.63) is 88.5 Å². The molecule has 2 aliphatic rings. The maximum Gasteiger partial charge on any atom is 0.432 e. The maximum absolute atomic E-state index is 15.0. The third-order valence-corrected chi connectivity index (χ3v) is 8.67. The summed E-state index contributed by atoms with van der Waals surface area (Å²) in [6.45, 7) is 3.45. The normalized spacial score (nSPS) is 22.4. The number of hydrogen-bond acceptors (Lipinski definition) is 3. The first-order valence-corrected chi connectivity index (χ1v) is 15.2. The number of unbranched alkanes of at least 4 members (excludes halogenated alkanes) is 2. The molecule has 0 N–H and O–H groups in total. The van der Waals surface area contributed by atoms with Crippen LogP contribution in [0.3, 0.4) is 0 Å². The molecule has 0 radical (unpaired) electrons. The van der Waals surface area contributed by atoms with Crippen LogP contribution in [0.4, 0.5) is 35.1 Å². The Kier molecular flexibility index (Phi) is 10.4. The monoisotopic (exact) mass is 642 g/mol. The first-order valence-electron chi connectivity index (χ1n) is 15.2. The van der Waals surface area contributed by atoms with E-state index in [0.717, 1.165) is 43.5 Å². The van der Waals surface area contributed by atoms with Crippen LogP contribution in [-0.4, -0.2) is 19.5 Å². The lowest BCUT2D eigenvalue weighted by atomic mass is 9.78. The second-order valence-corrected chi connectivity index (χ2v) is 11.9. The second-order valence-electron chi connectivity index (χ2n) is 11.9. The maximum atomic E-state index is 15.0. The van der Waals surface area contributed by atoms with Crippen molar-refractivity contribution < 1.29 is 49.3 Å². The molecule has 11 heteroatoms. The Bertz CT molecular complexity index is 1430. The largest absolute Gasteiger partial charge is 0.432 e. The zero-order chi connectivity index (χ0) is 32.3. The molecule has 1 aliphatic carbocycles. The average Bonchev–Trinajstić information content (AvgIpc) is 2.99. The molecule has 45 heavy (non-hydrogen) atoms. The lowest BCUT2D eigenvalue weighted by Gasteiger charge is -2.37. The van der Waals surface area contributed by atoms with Gasteiger partial charge in [0, 0.05) is 23.5 Å². The van der Waals surface area contributed by atoms with E-state index in [1.807, 2.05) is 0 Å². The molecule has 5 rings (SSSR count). The molecule has 1 saturated heterocycles. The number of alkyl halides is 2. The molecular weight excluding hydrogens is 608 g/mol. The van der Waals surface area contributed by atoms with Crippen LogP contribution in [0.2, 0.25) is 0 Å². The molecule has 1 heterocycles. The van der Waals surface area contributed by atoms with Crippen LogP contribution < -0.4 is 4.74 Å². The highest BCUT2D eigenvalue weighted by atomic mass is 19.3. The fraction of sp³-hybridized carbons (Fsp3) is 0.471. The van der Waals surface area contributed by atoms with E-state index in [1.54, 1.807) is 0 Å². The smallest absolute Gasteiger partial charge is 0.429 e. The number of hydrogen-bond donors (Lipinski definition) is 0. The molecule has 0 atom stereocenters. The molecule has 3 aromatic rings. The molecule has 3 aromatic carbocycles. The molecule has 1 aliphatic heterocycles. The van der Waals surface area contributed by atoms with Crippen LogP contribution in [0, 0.1) is 46.7 Å². The first-order chi connectivity index (χ1) is 21.5. The lowest BCUT2D eigenvalue weighted by Crippen LogP contribution is -2.38. The van der Waals surface area contributed by atoms with Gasteiger partial charge in [0.05, 0.1) is 13.2 Å². The van der Waals surface area contributed by atoms with Gasteiger partial charge in [-0.05, 0) is 85.5 Å². The fourth-order valence-electron chi connectivity index (χ4n) is 6.21. The minimum Gasteiger partial charge on any atom is -0.429 e. The van der Waals surface area contributed by atoms with Gasteiger partial charge in [0.1, 0.15) is 28.8 Å². The van der Waals surface area contributed by atoms with Crippen molar-refractivity contribution in [2.45, 2.75) is 76.6 Å². The lowest BCUT2D eigenvalue weighted by molar-refractivity contribution is -0.229. The van der Waals surface area contributed by atoms with Gasteiger partial charge in [-0.1, -0.05) is 26.2 Å². The highest BCUT2D eigenvalue weighted by Gasteiger charge is 2.42. The van der Waals surface area contributed by atoms with Gasteiger partial charge in [0.25, 0.3) is 0 Å². The van der Waals surface area contributed by atoms with Gasteiger partial charge in [-0.25, -0.2) is 26.3 Å². The molecule has 1 saturated carbocycles. The number of rotatable bonds is 10. The summed E-state index contributed by atoms with van der Waals surface area (Å²) in [6, 6.07) is 4.98. The Morgan fingerprint density at radius 3 is 1.96 bits per heavy atom. The van der Waals surface area contributed by atoms with Crippen molar-refractivity contribution in [3.63, 3.8) is 0 Å². The van der Waals surface area contributed by atoms with Gasteiger partial charge in [-0.15, -0.1) is 0 Å². The van der Waals surface area contributed by atoms with Crippen LogP contribution in [0.15, 0.2) is 42.5 Å². The van der Waals surface area contributed by atoms with Crippen LogP contribution >= 0.6 is 0 Å². The minimum absolute atomic E-state index is 0.137. The van der Waals surface area contributed by atoms with E-state index < -0.39 is 63.5 Å². The third-order valence-electron chi connectivity index (χ3n) is 8.67. The molecule has 2 fully saturated rings. The summed E-state index contributed by atoms with van der Waals surface area (Å²) in [4.78, 5) is 0. The van der Waals surface area contributed by atoms with Gasteiger partial charge >= 0.3 is 6.11 Å². The van der Waals surface area contributed by atoms with Gasteiger partial charge < -0.3 is 14.2 Å². The predicted octanol–water partition coefficient (Wildman–Crippen LogP) is 10.2. The summed E-state index contributed by atoms with van der Waals surface area (Å²) in [7, 11) is 0. The number of halogens is 8. The highest BCUT2D eigenvalue weighted by Crippen LogP contribution is 2.42. The predicted molar refractivity (Wildman–Crippen MR) is 151 cm³/mol. The zero-order valence-corrected chi connectivity index (χ0v) is 24.7.